The third-order valence-corrected chi connectivity index (χ3v) is 3.48. The molecule has 0 saturated carbocycles. The minimum Gasteiger partial charge on any atom is -0.396 e. The van der Waals surface area contributed by atoms with Gasteiger partial charge in [-0.15, -0.1) is 0 Å². The second-order valence-corrected chi connectivity index (χ2v) is 4.65. The minimum absolute atomic E-state index is 0.130. The summed E-state index contributed by atoms with van der Waals surface area (Å²) in [6.45, 7) is 4.08. The smallest absolute Gasteiger partial charge is 0.174 e. The highest BCUT2D eigenvalue weighted by Gasteiger charge is 2.13. The Morgan fingerprint density at radius 3 is 2.67 bits per heavy atom. The summed E-state index contributed by atoms with van der Waals surface area (Å²) in [5, 5.41) is 8.62. The van der Waals surface area contributed by atoms with Crippen LogP contribution < -0.4 is 0 Å². The number of ketones is 1. The van der Waals surface area contributed by atoms with Gasteiger partial charge in [0.15, 0.2) is 5.78 Å². The zero-order chi connectivity index (χ0) is 11.4. The first-order valence-electron chi connectivity index (χ1n) is 4.92. The molecular formula is C11H17NO2S. The van der Waals surface area contributed by atoms with Crippen molar-refractivity contribution >= 4 is 17.5 Å². The van der Waals surface area contributed by atoms with Crippen LogP contribution in [0.25, 0.3) is 0 Å². The molecule has 0 spiro atoms. The topological polar surface area (TPSA) is 42.2 Å². The summed E-state index contributed by atoms with van der Waals surface area (Å²) in [7, 11) is 1.96. The quantitative estimate of drug-likeness (QED) is 0.613. The molecule has 0 atom stereocenters. The highest BCUT2D eigenvalue weighted by molar-refractivity contribution is 8.00. The number of carbonyl (C=O) groups is 1. The van der Waals surface area contributed by atoms with E-state index in [4.69, 9.17) is 5.11 Å². The van der Waals surface area contributed by atoms with Gasteiger partial charge < -0.3 is 9.67 Å². The van der Waals surface area contributed by atoms with E-state index in [-0.39, 0.29) is 12.4 Å². The third kappa shape index (κ3) is 2.86. The number of aryl methyl sites for hydroxylation is 1. The molecule has 0 unspecified atom stereocenters. The summed E-state index contributed by atoms with van der Waals surface area (Å²) in [4.78, 5) is 11.8. The van der Waals surface area contributed by atoms with Crippen molar-refractivity contribution in [2.75, 3.05) is 18.1 Å². The number of hydrogen-bond donors (Lipinski definition) is 1. The standard InChI is InChI=1S/C11H17NO2S/c1-8-6-10(9(2)12(8)3)11(14)7-15-5-4-13/h6,13H,4-5,7H2,1-3H3. The van der Waals surface area contributed by atoms with Gasteiger partial charge in [0, 0.05) is 29.8 Å². The molecule has 1 aromatic heterocycles. The van der Waals surface area contributed by atoms with Gasteiger partial charge in [-0.25, -0.2) is 0 Å². The Kier molecular flexibility index (Phi) is 4.42. The van der Waals surface area contributed by atoms with Crippen LogP contribution in [0.5, 0.6) is 0 Å². The van der Waals surface area contributed by atoms with Gasteiger partial charge in [-0.05, 0) is 19.9 Å². The first-order valence-corrected chi connectivity index (χ1v) is 6.08. The summed E-state index contributed by atoms with van der Waals surface area (Å²) in [6.07, 6.45) is 0. The number of nitrogens with zero attached hydrogens (tertiary/aromatic N) is 1. The van der Waals surface area contributed by atoms with Crippen LogP contribution in [-0.4, -0.2) is 33.6 Å². The van der Waals surface area contributed by atoms with Crippen molar-refractivity contribution in [2.24, 2.45) is 7.05 Å². The second-order valence-electron chi connectivity index (χ2n) is 3.54. The van der Waals surface area contributed by atoms with Crippen molar-refractivity contribution in [1.82, 2.24) is 4.57 Å². The zero-order valence-electron chi connectivity index (χ0n) is 9.41. The number of carbonyl (C=O) groups excluding carboxylic acids is 1. The van der Waals surface area contributed by atoms with Crippen LogP contribution in [-0.2, 0) is 7.05 Å². The molecule has 0 aromatic carbocycles. The molecule has 1 rings (SSSR count). The molecule has 0 aliphatic carbocycles. The fraction of sp³-hybridized carbons (Fsp3) is 0.545. The lowest BCUT2D eigenvalue weighted by molar-refractivity contribution is 0.102. The van der Waals surface area contributed by atoms with Crippen LogP contribution in [0.3, 0.4) is 0 Å². The highest BCUT2D eigenvalue weighted by atomic mass is 32.2. The lowest BCUT2D eigenvalue weighted by atomic mass is 10.2. The maximum atomic E-state index is 11.8. The van der Waals surface area contributed by atoms with Gasteiger partial charge >= 0.3 is 0 Å². The Morgan fingerprint density at radius 1 is 1.53 bits per heavy atom. The van der Waals surface area contributed by atoms with Gasteiger partial charge in [-0.1, -0.05) is 0 Å². The summed E-state index contributed by atoms with van der Waals surface area (Å²) in [5.74, 6) is 1.22. The van der Waals surface area contributed by atoms with Gasteiger partial charge in [0.1, 0.15) is 0 Å². The van der Waals surface area contributed by atoms with E-state index in [9.17, 15) is 4.79 Å². The monoisotopic (exact) mass is 227 g/mol. The van der Waals surface area contributed by atoms with E-state index in [1.165, 1.54) is 11.8 Å². The number of aliphatic hydroxyl groups excluding tert-OH is 1. The normalized spacial score (nSPS) is 10.7. The number of aromatic nitrogens is 1. The minimum atomic E-state index is 0.130. The molecule has 84 valence electrons. The predicted octanol–water partition coefficient (Wildman–Crippen LogP) is 1.55. The van der Waals surface area contributed by atoms with Crippen molar-refractivity contribution in [3.63, 3.8) is 0 Å². The van der Waals surface area contributed by atoms with Gasteiger partial charge in [-0.2, -0.15) is 11.8 Å². The Morgan fingerprint density at radius 2 is 2.20 bits per heavy atom. The SMILES string of the molecule is Cc1cc(C(=O)CSCCO)c(C)n1C. The largest absolute Gasteiger partial charge is 0.396 e. The fourth-order valence-electron chi connectivity index (χ4n) is 1.44. The molecule has 0 aliphatic rings. The van der Waals surface area contributed by atoms with Crippen LogP contribution in [0.15, 0.2) is 6.07 Å². The Balaban J connectivity index is 2.70. The van der Waals surface area contributed by atoms with Crippen LogP contribution in [0.1, 0.15) is 21.7 Å². The van der Waals surface area contributed by atoms with Crippen molar-refractivity contribution < 1.29 is 9.90 Å². The predicted molar refractivity (Wildman–Crippen MR) is 63.6 cm³/mol. The van der Waals surface area contributed by atoms with Gasteiger partial charge in [0.2, 0.25) is 0 Å². The number of hydrogen-bond acceptors (Lipinski definition) is 3. The average molecular weight is 227 g/mol. The van der Waals surface area contributed by atoms with E-state index in [2.05, 4.69) is 0 Å². The summed E-state index contributed by atoms with van der Waals surface area (Å²) < 4.78 is 2.02. The molecule has 0 fully saturated rings. The lowest BCUT2D eigenvalue weighted by Gasteiger charge is -2.01. The van der Waals surface area contributed by atoms with E-state index in [0.717, 1.165) is 17.0 Å². The fourth-order valence-corrected chi connectivity index (χ4v) is 2.06. The van der Waals surface area contributed by atoms with Crippen molar-refractivity contribution in [3.8, 4) is 0 Å². The van der Waals surface area contributed by atoms with Gasteiger partial charge in [-0.3, -0.25) is 4.79 Å². The first kappa shape index (κ1) is 12.3. The molecular weight excluding hydrogens is 210 g/mol. The van der Waals surface area contributed by atoms with Crippen LogP contribution in [0.4, 0.5) is 0 Å². The summed E-state index contributed by atoms with van der Waals surface area (Å²) >= 11 is 1.47. The Bertz CT molecular complexity index is 358. The molecule has 1 aromatic rings. The molecule has 0 radical (unpaired) electrons. The van der Waals surface area contributed by atoms with Gasteiger partial charge in [0.05, 0.1) is 12.4 Å². The van der Waals surface area contributed by atoms with Crippen molar-refractivity contribution in [3.05, 3.63) is 23.0 Å². The molecule has 4 heteroatoms. The molecule has 3 nitrogen and oxygen atoms in total. The van der Waals surface area contributed by atoms with E-state index >= 15 is 0 Å². The molecule has 0 saturated heterocycles. The van der Waals surface area contributed by atoms with E-state index < -0.39 is 0 Å². The van der Waals surface area contributed by atoms with E-state index in [1.54, 1.807) is 0 Å². The second kappa shape index (κ2) is 5.37. The van der Waals surface area contributed by atoms with Crippen LogP contribution in [0.2, 0.25) is 0 Å². The summed E-state index contributed by atoms with van der Waals surface area (Å²) in [5.41, 5.74) is 2.92. The number of thioether (sulfide) groups is 1. The molecule has 1 heterocycles. The molecule has 15 heavy (non-hydrogen) atoms. The third-order valence-electron chi connectivity index (χ3n) is 2.54. The number of Topliss-reactive ketones (excluding diaryl/α,β-unsaturated/α-hetero) is 1. The lowest BCUT2D eigenvalue weighted by Crippen LogP contribution is -2.05. The van der Waals surface area contributed by atoms with Crippen molar-refractivity contribution in [1.29, 1.82) is 0 Å². The zero-order valence-corrected chi connectivity index (χ0v) is 10.2. The Hall–Kier alpha value is -0.740. The number of rotatable bonds is 5. The Labute approximate surface area is 94.5 Å². The van der Waals surface area contributed by atoms with Crippen LogP contribution in [0, 0.1) is 13.8 Å². The molecule has 1 N–H and O–H groups in total. The molecule has 0 bridgehead atoms. The highest BCUT2D eigenvalue weighted by Crippen LogP contribution is 2.15. The maximum Gasteiger partial charge on any atom is 0.174 e. The van der Waals surface area contributed by atoms with E-state index in [0.29, 0.717) is 11.5 Å². The molecule has 0 amide bonds. The number of aliphatic hydroxyl groups is 1. The first-order chi connectivity index (χ1) is 7.07. The maximum absolute atomic E-state index is 11.8. The van der Waals surface area contributed by atoms with Gasteiger partial charge in [0.25, 0.3) is 0 Å². The summed E-state index contributed by atoms with van der Waals surface area (Å²) in [6, 6.07) is 1.93. The van der Waals surface area contributed by atoms with Crippen LogP contribution >= 0.6 is 11.8 Å². The van der Waals surface area contributed by atoms with E-state index in [1.807, 2.05) is 31.5 Å². The molecule has 0 aliphatic heterocycles. The van der Waals surface area contributed by atoms with Crippen molar-refractivity contribution in [2.45, 2.75) is 13.8 Å². The average Bonchev–Trinajstić information content (AvgIpc) is 2.46.